The maximum absolute atomic E-state index is 14.4. The summed E-state index contributed by atoms with van der Waals surface area (Å²) in [4.78, 5) is 25.5. The number of halogens is 4. The number of carbonyl (C=O) groups is 1. The lowest BCUT2D eigenvalue weighted by Gasteiger charge is -2.25. The summed E-state index contributed by atoms with van der Waals surface area (Å²) in [6.07, 6.45) is 2.32. The van der Waals surface area contributed by atoms with Crippen LogP contribution in [-0.4, -0.2) is 64.0 Å². The Kier molecular flexibility index (Phi) is 5.72. The van der Waals surface area contributed by atoms with Crippen molar-refractivity contribution >= 4 is 5.91 Å². The number of aromatic nitrogens is 2. The first-order valence-electron chi connectivity index (χ1n) is 11.2. The molecule has 1 amide bonds. The lowest BCUT2D eigenvalue weighted by Crippen LogP contribution is -2.40. The van der Waals surface area contributed by atoms with Crippen LogP contribution in [0.2, 0.25) is 0 Å². The second-order valence-corrected chi connectivity index (χ2v) is 8.98. The number of hydrogen-bond acceptors (Lipinski definition) is 5. The SMILES string of the molecule is O=C(c1ccc(C(F)(F)F)cc1F)N1CCCN2C[C@@H](Oc3cnc(C4CC4)cn3)C[C@@H]2C1. The highest BCUT2D eigenvalue weighted by atomic mass is 19.4. The second-order valence-electron chi connectivity index (χ2n) is 8.98. The third kappa shape index (κ3) is 4.80. The smallest absolute Gasteiger partial charge is 0.416 e. The second kappa shape index (κ2) is 8.55. The van der Waals surface area contributed by atoms with Gasteiger partial charge in [-0.05, 0) is 37.5 Å². The minimum absolute atomic E-state index is 0.0256. The van der Waals surface area contributed by atoms with Crippen molar-refractivity contribution in [2.24, 2.45) is 0 Å². The number of fused-ring (bicyclic) bond motifs is 1. The number of amides is 1. The highest BCUT2D eigenvalue weighted by Gasteiger charge is 2.38. The van der Waals surface area contributed by atoms with Crippen LogP contribution in [0.5, 0.6) is 5.88 Å². The molecule has 5 rings (SSSR count). The van der Waals surface area contributed by atoms with Gasteiger partial charge in [-0.1, -0.05) is 0 Å². The van der Waals surface area contributed by atoms with Crippen LogP contribution in [0.15, 0.2) is 30.6 Å². The molecule has 3 fully saturated rings. The Balaban J connectivity index is 1.23. The van der Waals surface area contributed by atoms with Crippen LogP contribution in [0.1, 0.15) is 53.2 Å². The van der Waals surface area contributed by atoms with E-state index in [-0.39, 0.29) is 17.7 Å². The van der Waals surface area contributed by atoms with Gasteiger partial charge in [-0.25, -0.2) is 9.37 Å². The standard InChI is InChI=1S/C23H24F4N4O2/c24-19-8-15(23(25,26)27)4-5-18(19)22(32)31-7-1-6-30-13-17(9-16(30)12-31)33-21-11-28-20(10-29-21)14-2-3-14/h4-5,8,10-11,14,16-17H,1-3,6-7,9,12-13H2/t16-,17+/m1/s1. The molecule has 1 saturated carbocycles. The highest BCUT2D eigenvalue weighted by Crippen LogP contribution is 2.38. The third-order valence-electron chi connectivity index (χ3n) is 6.54. The van der Waals surface area contributed by atoms with Crippen molar-refractivity contribution in [2.75, 3.05) is 26.2 Å². The average molecular weight is 464 g/mol. The van der Waals surface area contributed by atoms with E-state index >= 15 is 0 Å². The number of ether oxygens (including phenoxy) is 1. The molecule has 0 unspecified atom stereocenters. The van der Waals surface area contributed by atoms with Crippen molar-refractivity contribution in [1.82, 2.24) is 19.8 Å². The zero-order valence-electron chi connectivity index (χ0n) is 17.9. The van der Waals surface area contributed by atoms with E-state index in [1.165, 1.54) is 4.90 Å². The van der Waals surface area contributed by atoms with Crippen molar-refractivity contribution in [1.29, 1.82) is 0 Å². The molecule has 2 atom stereocenters. The van der Waals surface area contributed by atoms with E-state index in [9.17, 15) is 22.4 Å². The van der Waals surface area contributed by atoms with E-state index in [0.29, 0.717) is 50.3 Å². The van der Waals surface area contributed by atoms with E-state index in [1.54, 1.807) is 12.4 Å². The van der Waals surface area contributed by atoms with Crippen LogP contribution in [0.4, 0.5) is 17.6 Å². The van der Waals surface area contributed by atoms with Gasteiger partial charge in [0, 0.05) is 44.6 Å². The Bertz CT molecular complexity index is 1030. The van der Waals surface area contributed by atoms with Crippen LogP contribution >= 0.6 is 0 Å². The number of hydrogen-bond donors (Lipinski definition) is 0. The van der Waals surface area contributed by atoms with Gasteiger partial charge in [0.05, 0.1) is 29.2 Å². The lowest BCUT2D eigenvalue weighted by molar-refractivity contribution is -0.137. The number of benzene rings is 1. The quantitative estimate of drug-likeness (QED) is 0.643. The first-order valence-corrected chi connectivity index (χ1v) is 11.2. The lowest BCUT2D eigenvalue weighted by atomic mass is 10.1. The summed E-state index contributed by atoms with van der Waals surface area (Å²) in [6, 6.07) is 2.08. The van der Waals surface area contributed by atoms with Crippen molar-refractivity contribution in [3.8, 4) is 5.88 Å². The molecule has 1 aliphatic carbocycles. The molecule has 176 valence electrons. The first kappa shape index (κ1) is 22.1. The van der Waals surface area contributed by atoms with Gasteiger partial charge in [-0.3, -0.25) is 14.7 Å². The predicted octanol–water partition coefficient (Wildman–Crippen LogP) is 3.88. The molecule has 2 saturated heterocycles. The van der Waals surface area contributed by atoms with Gasteiger partial charge in [0.2, 0.25) is 5.88 Å². The van der Waals surface area contributed by atoms with Gasteiger partial charge in [0.25, 0.3) is 5.91 Å². The fourth-order valence-corrected chi connectivity index (χ4v) is 4.66. The zero-order valence-corrected chi connectivity index (χ0v) is 17.9. The van der Waals surface area contributed by atoms with Crippen molar-refractivity contribution < 1.29 is 27.1 Å². The normalized spacial score (nSPS) is 23.8. The number of carbonyl (C=O) groups excluding carboxylic acids is 1. The topological polar surface area (TPSA) is 58.6 Å². The highest BCUT2D eigenvalue weighted by molar-refractivity contribution is 5.94. The molecule has 1 aromatic heterocycles. The molecule has 33 heavy (non-hydrogen) atoms. The monoisotopic (exact) mass is 464 g/mol. The zero-order chi connectivity index (χ0) is 23.2. The predicted molar refractivity (Wildman–Crippen MR) is 110 cm³/mol. The van der Waals surface area contributed by atoms with E-state index in [4.69, 9.17) is 4.74 Å². The van der Waals surface area contributed by atoms with Gasteiger partial charge in [0.1, 0.15) is 11.9 Å². The summed E-state index contributed by atoms with van der Waals surface area (Å²) in [5, 5.41) is 0. The maximum Gasteiger partial charge on any atom is 0.416 e. The van der Waals surface area contributed by atoms with Crippen molar-refractivity contribution in [3.05, 3.63) is 53.2 Å². The first-order chi connectivity index (χ1) is 15.8. The maximum atomic E-state index is 14.4. The number of alkyl halides is 3. The molecule has 3 heterocycles. The van der Waals surface area contributed by atoms with E-state index < -0.39 is 23.5 Å². The van der Waals surface area contributed by atoms with E-state index in [1.807, 2.05) is 0 Å². The van der Waals surface area contributed by atoms with Crippen molar-refractivity contribution in [2.45, 2.75) is 49.9 Å². The Hall–Kier alpha value is -2.75. The minimum Gasteiger partial charge on any atom is -0.472 e. The summed E-state index contributed by atoms with van der Waals surface area (Å²) in [5.74, 6) is -0.749. The fraction of sp³-hybridized carbons (Fsp3) is 0.522. The van der Waals surface area contributed by atoms with E-state index in [2.05, 4.69) is 14.9 Å². The van der Waals surface area contributed by atoms with Crippen LogP contribution in [-0.2, 0) is 6.18 Å². The summed E-state index contributed by atoms with van der Waals surface area (Å²) in [6.45, 7) is 2.24. The summed E-state index contributed by atoms with van der Waals surface area (Å²) in [7, 11) is 0. The Morgan fingerprint density at radius 2 is 1.91 bits per heavy atom. The molecule has 0 spiro atoms. The summed E-state index contributed by atoms with van der Waals surface area (Å²) < 4.78 is 58.8. The number of rotatable bonds is 4. The van der Waals surface area contributed by atoms with Crippen LogP contribution < -0.4 is 4.74 Å². The third-order valence-corrected chi connectivity index (χ3v) is 6.54. The van der Waals surface area contributed by atoms with Crippen LogP contribution in [0, 0.1) is 5.82 Å². The van der Waals surface area contributed by atoms with Gasteiger partial charge in [-0.15, -0.1) is 0 Å². The van der Waals surface area contributed by atoms with Crippen molar-refractivity contribution in [3.63, 3.8) is 0 Å². The molecule has 0 radical (unpaired) electrons. The summed E-state index contributed by atoms with van der Waals surface area (Å²) >= 11 is 0. The largest absolute Gasteiger partial charge is 0.472 e. The van der Waals surface area contributed by atoms with Crippen LogP contribution in [0.3, 0.4) is 0 Å². The van der Waals surface area contributed by atoms with Crippen LogP contribution in [0.25, 0.3) is 0 Å². The molecule has 10 heteroatoms. The van der Waals surface area contributed by atoms with Gasteiger partial charge >= 0.3 is 6.18 Å². The molecule has 1 aromatic carbocycles. The molecule has 2 aromatic rings. The molecule has 6 nitrogen and oxygen atoms in total. The minimum atomic E-state index is -4.66. The number of nitrogens with zero attached hydrogens (tertiary/aromatic N) is 4. The Morgan fingerprint density at radius 3 is 2.58 bits per heavy atom. The van der Waals surface area contributed by atoms with Gasteiger partial charge in [0.15, 0.2) is 0 Å². The fourth-order valence-electron chi connectivity index (χ4n) is 4.66. The van der Waals surface area contributed by atoms with Gasteiger partial charge in [-0.2, -0.15) is 13.2 Å². The summed E-state index contributed by atoms with van der Waals surface area (Å²) in [5.41, 5.74) is -0.455. The molecule has 0 bridgehead atoms. The average Bonchev–Trinajstić information content (AvgIpc) is 3.58. The Morgan fingerprint density at radius 1 is 1.09 bits per heavy atom. The molecule has 3 aliphatic rings. The van der Waals surface area contributed by atoms with Gasteiger partial charge < -0.3 is 9.64 Å². The molecular weight excluding hydrogens is 440 g/mol. The molecule has 0 N–H and O–H groups in total. The van der Waals surface area contributed by atoms with E-state index in [0.717, 1.165) is 37.2 Å². The Labute approximate surface area is 188 Å². The molecule has 2 aliphatic heterocycles. The molecular formula is C23H24F4N4O2.